The summed E-state index contributed by atoms with van der Waals surface area (Å²) >= 11 is 0. The molecule has 0 amide bonds. The summed E-state index contributed by atoms with van der Waals surface area (Å²) in [5, 5.41) is 9.47. The largest absolute Gasteiger partial charge is 0.459 e. The van der Waals surface area contributed by atoms with E-state index in [2.05, 4.69) is 0 Å². The Morgan fingerprint density at radius 2 is 1.65 bits per heavy atom. The minimum atomic E-state index is -2.15. The summed E-state index contributed by atoms with van der Waals surface area (Å²) in [4.78, 5) is 24.6. The molecule has 0 aliphatic carbocycles. The number of nitrogen functional groups attached to an aromatic ring is 1. The van der Waals surface area contributed by atoms with Gasteiger partial charge in [0, 0.05) is 11.3 Å². The van der Waals surface area contributed by atoms with Crippen molar-refractivity contribution in [1.82, 2.24) is 0 Å². The number of esters is 1. The van der Waals surface area contributed by atoms with E-state index in [9.17, 15) is 14.7 Å². The number of ketones is 1. The number of carbonyl (C=O) groups is 2. The Hall–Kier alpha value is -2.70. The van der Waals surface area contributed by atoms with E-state index < -0.39 is 23.9 Å². The van der Waals surface area contributed by atoms with Crippen LogP contribution in [0.4, 0.5) is 5.69 Å². The van der Waals surface area contributed by atoms with E-state index in [1.165, 1.54) is 24.3 Å². The molecule has 0 saturated carbocycles. The number of anilines is 1. The number of aliphatic hydroxyl groups excluding tert-OH is 1. The highest BCUT2D eigenvalue weighted by atomic mass is 16.5. The Kier molecular flexibility index (Phi) is 5.10. The van der Waals surface area contributed by atoms with E-state index in [-0.39, 0.29) is 12.2 Å². The summed E-state index contributed by atoms with van der Waals surface area (Å²) in [6.45, 7) is -0.891. The van der Waals surface area contributed by atoms with Gasteiger partial charge in [-0.25, -0.2) is 4.79 Å². The van der Waals surface area contributed by atoms with Crippen LogP contribution in [0.1, 0.15) is 15.9 Å². The van der Waals surface area contributed by atoms with Crippen molar-refractivity contribution in [3.63, 3.8) is 0 Å². The lowest BCUT2D eigenvalue weighted by Gasteiger charge is -2.23. The van der Waals surface area contributed by atoms with Gasteiger partial charge in [0.25, 0.3) is 0 Å². The van der Waals surface area contributed by atoms with Crippen LogP contribution >= 0.6 is 0 Å². The highest BCUT2D eigenvalue weighted by Gasteiger charge is 2.43. The van der Waals surface area contributed by atoms with Gasteiger partial charge in [-0.2, -0.15) is 0 Å². The summed E-state index contributed by atoms with van der Waals surface area (Å²) in [5.74, 6) is -1.70. The van der Waals surface area contributed by atoms with E-state index in [0.717, 1.165) is 5.56 Å². The predicted octanol–water partition coefficient (Wildman–Crippen LogP) is 0.885. The average Bonchev–Trinajstić information content (AvgIpc) is 2.59. The molecule has 0 saturated heterocycles. The van der Waals surface area contributed by atoms with Crippen molar-refractivity contribution < 1.29 is 19.4 Å². The highest BCUT2D eigenvalue weighted by molar-refractivity contribution is 6.16. The first-order valence-corrected chi connectivity index (χ1v) is 6.98. The lowest BCUT2D eigenvalue weighted by molar-refractivity contribution is -0.150. The minimum absolute atomic E-state index is 0.0341. The standard InChI is InChI=1S/C17H18N2O4/c18-14-8-6-13(7-9-14)15(21)17(19,11-20)16(22)23-10-12-4-2-1-3-5-12/h1-9,20H,10-11,18-19H2/t17-/m1/s1. The Balaban J connectivity index is 2.13. The molecule has 6 heteroatoms. The lowest BCUT2D eigenvalue weighted by atomic mass is 9.91. The van der Waals surface area contributed by atoms with Gasteiger partial charge in [-0.3, -0.25) is 4.79 Å². The highest BCUT2D eigenvalue weighted by Crippen LogP contribution is 2.16. The van der Waals surface area contributed by atoms with Crippen LogP contribution in [0.5, 0.6) is 0 Å². The smallest absolute Gasteiger partial charge is 0.337 e. The van der Waals surface area contributed by atoms with Crippen molar-refractivity contribution in [1.29, 1.82) is 0 Å². The molecular formula is C17H18N2O4. The van der Waals surface area contributed by atoms with Crippen molar-refractivity contribution >= 4 is 17.4 Å². The number of nitrogens with two attached hydrogens (primary N) is 2. The molecule has 0 fully saturated rings. The molecule has 23 heavy (non-hydrogen) atoms. The fourth-order valence-electron chi connectivity index (χ4n) is 1.97. The molecule has 0 heterocycles. The Morgan fingerprint density at radius 3 is 2.22 bits per heavy atom. The third-order valence-electron chi connectivity index (χ3n) is 3.40. The second-order valence-electron chi connectivity index (χ2n) is 5.14. The molecule has 0 aliphatic rings. The van der Waals surface area contributed by atoms with Gasteiger partial charge in [0.05, 0.1) is 6.61 Å². The Labute approximate surface area is 133 Å². The normalized spacial score (nSPS) is 13.1. The van der Waals surface area contributed by atoms with Crippen molar-refractivity contribution in [2.75, 3.05) is 12.3 Å². The van der Waals surface area contributed by atoms with Gasteiger partial charge in [0.1, 0.15) is 6.61 Å². The quantitative estimate of drug-likeness (QED) is 0.315. The Bertz CT molecular complexity index is 685. The Morgan fingerprint density at radius 1 is 1.04 bits per heavy atom. The molecule has 2 aromatic carbocycles. The second kappa shape index (κ2) is 7.04. The monoisotopic (exact) mass is 314 g/mol. The molecule has 0 radical (unpaired) electrons. The number of benzene rings is 2. The van der Waals surface area contributed by atoms with Crippen molar-refractivity contribution in [2.24, 2.45) is 5.73 Å². The zero-order chi connectivity index (χ0) is 16.9. The van der Waals surface area contributed by atoms with Crippen molar-refractivity contribution in [3.05, 3.63) is 65.7 Å². The van der Waals surface area contributed by atoms with Gasteiger partial charge in [-0.1, -0.05) is 30.3 Å². The minimum Gasteiger partial charge on any atom is -0.459 e. The summed E-state index contributed by atoms with van der Waals surface area (Å²) in [7, 11) is 0. The molecule has 0 unspecified atom stereocenters. The van der Waals surface area contributed by atoms with Crippen LogP contribution in [0, 0.1) is 0 Å². The van der Waals surface area contributed by atoms with Gasteiger partial charge in [0.15, 0.2) is 5.78 Å². The molecule has 2 rings (SSSR count). The molecule has 120 valence electrons. The summed E-state index contributed by atoms with van der Waals surface area (Å²) in [5.41, 5.74) is 10.6. The molecular weight excluding hydrogens is 296 g/mol. The SMILES string of the molecule is Nc1ccc(C(=O)[C@](N)(CO)C(=O)OCc2ccccc2)cc1. The number of rotatable bonds is 6. The average molecular weight is 314 g/mol. The number of carbonyl (C=O) groups excluding carboxylic acids is 2. The number of ether oxygens (including phenoxy) is 1. The van der Waals surface area contributed by atoms with Crippen molar-refractivity contribution in [3.8, 4) is 0 Å². The third-order valence-corrected chi connectivity index (χ3v) is 3.40. The molecule has 2 aromatic rings. The number of aliphatic hydroxyl groups is 1. The van der Waals surface area contributed by atoms with Crippen molar-refractivity contribution in [2.45, 2.75) is 12.1 Å². The zero-order valence-electron chi connectivity index (χ0n) is 12.4. The van der Waals surface area contributed by atoms with Crippen LogP contribution in [0.3, 0.4) is 0 Å². The summed E-state index contributed by atoms with van der Waals surface area (Å²) in [6.07, 6.45) is 0. The lowest BCUT2D eigenvalue weighted by Crippen LogP contribution is -2.58. The number of hydrogen-bond donors (Lipinski definition) is 3. The number of Topliss-reactive ketones (excluding diaryl/α,β-unsaturated/α-hetero) is 1. The summed E-state index contributed by atoms with van der Waals surface area (Å²) < 4.78 is 5.08. The van der Waals surface area contributed by atoms with Crippen LogP contribution in [0.2, 0.25) is 0 Å². The van der Waals surface area contributed by atoms with Crippen LogP contribution in [0.15, 0.2) is 54.6 Å². The molecule has 0 aromatic heterocycles. The van der Waals surface area contributed by atoms with E-state index in [1.807, 2.05) is 6.07 Å². The maximum atomic E-state index is 12.4. The molecule has 5 N–H and O–H groups in total. The van der Waals surface area contributed by atoms with Gasteiger partial charge in [0.2, 0.25) is 5.54 Å². The van der Waals surface area contributed by atoms with E-state index in [4.69, 9.17) is 16.2 Å². The molecule has 0 bridgehead atoms. The first-order valence-electron chi connectivity index (χ1n) is 6.98. The fourth-order valence-corrected chi connectivity index (χ4v) is 1.97. The third kappa shape index (κ3) is 3.74. The predicted molar refractivity (Wildman–Crippen MR) is 85.4 cm³/mol. The first kappa shape index (κ1) is 16.7. The fraction of sp³-hybridized carbons (Fsp3) is 0.176. The van der Waals surface area contributed by atoms with Gasteiger partial charge in [-0.15, -0.1) is 0 Å². The van der Waals surface area contributed by atoms with E-state index in [1.54, 1.807) is 24.3 Å². The van der Waals surface area contributed by atoms with E-state index in [0.29, 0.717) is 5.69 Å². The van der Waals surface area contributed by atoms with Gasteiger partial charge < -0.3 is 21.3 Å². The zero-order valence-corrected chi connectivity index (χ0v) is 12.4. The maximum absolute atomic E-state index is 12.4. The maximum Gasteiger partial charge on any atom is 0.337 e. The van der Waals surface area contributed by atoms with E-state index >= 15 is 0 Å². The first-order chi connectivity index (χ1) is 11.0. The summed E-state index contributed by atoms with van der Waals surface area (Å²) in [6, 6.07) is 14.9. The molecule has 6 nitrogen and oxygen atoms in total. The van der Waals surface area contributed by atoms with Crippen LogP contribution < -0.4 is 11.5 Å². The van der Waals surface area contributed by atoms with Crippen LogP contribution in [-0.4, -0.2) is 29.0 Å². The molecule has 0 spiro atoms. The molecule has 0 aliphatic heterocycles. The van der Waals surface area contributed by atoms with Crippen LogP contribution in [-0.2, 0) is 16.1 Å². The topological polar surface area (TPSA) is 116 Å². The second-order valence-corrected chi connectivity index (χ2v) is 5.14. The van der Waals surface area contributed by atoms with Gasteiger partial charge >= 0.3 is 5.97 Å². The van der Waals surface area contributed by atoms with Crippen LogP contribution in [0.25, 0.3) is 0 Å². The molecule has 1 atom stereocenters. The number of hydrogen-bond acceptors (Lipinski definition) is 6. The van der Waals surface area contributed by atoms with Gasteiger partial charge in [-0.05, 0) is 29.8 Å².